The van der Waals surface area contributed by atoms with E-state index < -0.39 is 0 Å². The van der Waals surface area contributed by atoms with E-state index in [1.165, 1.54) is 5.69 Å². The minimum absolute atomic E-state index is 0.254. The number of rotatable bonds is 4. The first-order valence-corrected chi connectivity index (χ1v) is 8.16. The van der Waals surface area contributed by atoms with E-state index in [0.717, 1.165) is 36.8 Å². The van der Waals surface area contributed by atoms with E-state index >= 15 is 0 Å². The molecule has 110 valence electrons. The molecule has 20 heavy (non-hydrogen) atoms. The maximum atomic E-state index is 10.1. The Balaban J connectivity index is 1.91. The number of imidazole rings is 1. The van der Waals surface area contributed by atoms with E-state index in [1.54, 1.807) is 11.3 Å². The lowest BCUT2D eigenvalue weighted by Crippen LogP contribution is -2.43. The average molecular weight is 294 g/mol. The fraction of sp³-hybridized carbons (Fsp3) is 0.643. The molecule has 2 atom stereocenters. The fourth-order valence-electron chi connectivity index (χ4n) is 2.72. The van der Waals surface area contributed by atoms with E-state index in [9.17, 15) is 5.11 Å². The topological polar surface area (TPSA) is 52.8 Å². The van der Waals surface area contributed by atoms with Gasteiger partial charge in [-0.15, -0.1) is 11.3 Å². The molecule has 1 aliphatic heterocycles. The van der Waals surface area contributed by atoms with Crippen LogP contribution < -0.4 is 10.2 Å². The molecular weight excluding hydrogens is 272 g/mol. The molecule has 0 radical (unpaired) electrons. The van der Waals surface area contributed by atoms with Crippen LogP contribution in [0.25, 0.3) is 4.96 Å². The number of hydrogen-bond acceptors (Lipinski definition) is 5. The SMILES string of the molecule is CCNCc1c(N2CCC(C)C(O)C2)nc2sccn12. The number of fused-ring (bicyclic) bond motifs is 1. The van der Waals surface area contributed by atoms with Gasteiger partial charge in [-0.3, -0.25) is 4.40 Å². The third kappa shape index (κ3) is 2.43. The zero-order valence-electron chi connectivity index (χ0n) is 12.0. The van der Waals surface area contributed by atoms with Crippen LogP contribution in [-0.4, -0.2) is 40.2 Å². The van der Waals surface area contributed by atoms with Gasteiger partial charge in [0.1, 0.15) is 0 Å². The third-order valence-electron chi connectivity index (χ3n) is 4.10. The Labute approximate surface area is 123 Å². The van der Waals surface area contributed by atoms with Crippen LogP contribution in [0.2, 0.25) is 0 Å². The predicted octanol–water partition coefficient (Wildman–Crippen LogP) is 1.71. The van der Waals surface area contributed by atoms with Gasteiger partial charge in [0, 0.05) is 31.2 Å². The smallest absolute Gasteiger partial charge is 0.195 e. The van der Waals surface area contributed by atoms with Gasteiger partial charge in [-0.05, 0) is 18.9 Å². The molecule has 5 nitrogen and oxygen atoms in total. The van der Waals surface area contributed by atoms with E-state index in [0.29, 0.717) is 12.5 Å². The molecule has 0 amide bonds. The molecule has 2 aromatic rings. The summed E-state index contributed by atoms with van der Waals surface area (Å²) in [5, 5.41) is 15.6. The van der Waals surface area contributed by atoms with Crippen molar-refractivity contribution in [1.82, 2.24) is 14.7 Å². The van der Waals surface area contributed by atoms with E-state index in [4.69, 9.17) is 4.98 Å². The first-order chi connectivity index (χ1) is 9.70. The van der Waals surface area contributed by atoms with Crippen LogP contribution in [0.1, 0.15) is 26.0 Å². The number of anilines is 1. The third-order valence-corrected chi connectivity index (χ3v) is 4.86. The van der Waals surface area contributed by atoms with Crippen LogP contribution in [0.15, 0.2) is 11.6 Å². The predicted molar refractivity (Wildman–Crippen MR) is 82.5 cm³/mol. The van der Waals surface area contributed by atoms with Crippen LogP contribution in [0, 0.1) is 5.92 Å². The molecule has 1 aliphatic rings. The van der Waals surface area contributed by atoms with Gasteiger partial charge in [-0.25, -0.2) is 4.98 Å². The van der Waals surface area contributed by atoms with Gasteiger partial charge < -0.3 is 15.3 Å². The molecule has 0 aromatic carbocycles. The van der Waals surface area contributed by atoms with Gasteiger partial charge in [0.25, 0.3) is 0 Å². The van der Waals surface area contributed by atoms with Crippen LogP contribution in [-0.2, 0) is 6.54 Å². The number of thiazole rings is 1. The molecule has 2 N–H and O–H groups in total. The minimum Gasteiger partial charge on any atom is -0.391 e. The van der Waals surface area contributed by atoms with Crippen molar-refractivity contribution in [3.05, 3.63) is 17.3 Å². The van der Waals surface area contributed by atoms with Crippen molar-refractivity contribution in [3.8, 4) is 0 Å². The van der Waals surface area contributed by atoms with Gasteiger partial charge in [-0.1, -0.05) is 13.8 Å². The lowest BCUT2D eigenvalue weighted by Gasteiger charge is -2.35. The average Bonchev–Trinajstić information content (AvgIpc) is 3.00. The molecule has 1 saturated heterocycles. The van der Waals surface area contributed by atoms with Crippen LogP contribution in [0.3, 0.4) is 0 Å². The Kier molecular flexibility index (Phi) is 3.96. The fourth-order valence-corrected chi connectivity index (χ4v) is 3.45. The number of nitrogens with zero attached hydrogens (tertiary/aromatic N) is 3. The zero-order chi connectivity index (χ0) is 14.1. The minimum atomic E-state index is -0.254. The highest BCUT2D eigenvalue weighted by atomic mass is 32.1. The number of β-amino-alcohol motifs (C(OH)–C–C–N with tert-alkyl or cyclic N) is 1. The number of piperidine rings is 1. The van der Waals surface area contributed by atoms with E-state index in [2.05, 4.69) is 40.0 Å². The van der Waals surface area contributed by atoms with Gasteiger partial charge in [0.2, 0.25) is 0 Å². The number of nitrogens with one attached hydrogen (secondary N) is 1. The second-order valence-corrected chi connectivity index (χ2v) is 6.37. The molecular formula is C14H22N4OS. The lowest BCUT2D eigenvalue weighted by molar-refractivity contribution is 0.102. The Morgan fingerprint density at radius 1 is 1.55 bits per heavy atom. The Bertz CT molecular complexity index is 579. The molecule has 2 aromatic heterocycles. The maximum absolute atomic E-state index is 10.1. The Morgan fingerprint density at radius 3 is 3.15 bits per heavy atom. The Morgan fingerprint density at radius 2 is 2.40 bits per heavy atom. The zero-order valence-corrected chi connectivity index (χ0v) is 12.9. The van der Waals surface area contributed by atoms with Crippen molar-refractivity contribution < 1.29 is 5.11 Å². The van der Waals surface area contributed by atoms with Crippen molar-refractivity contribution in [2.45, 2.75) is 32.9 Å². The monoisotopic (exact) mass is 294 g/mol. The van der Waals surface area contributed by atoms with Crippen molar-refractivity contribution in [2.24, 2.45) is 5.92 Å². The highest BCUT2D eigenvalue weighted by Gasteiger charge is 2.28. The van der Waals surface area contributed by atoms with Gasteiger partial charge in [-0.2, -0.15) is 0 Å². The van der Waals surface area contributed by atoms with Gasteiger partial charge in [0.05, 0.1) is 11.8 Å². The number of hydrogen-bond donors (Lipinski definition) is 2. The summed E-state index contributed by atoms with van der Waals surface area (Å²) in [6.07, 6.45) is 2.84. The summed E-state index contributed by atoms with van der Waals surface area (Å²) in [6, 6.07) is 0. The van der Waals surface area contributed by atoms with E-state index in [-0.39, 0.29) is 6.10 Å². The molecule has 1 fully saturated rings. The summed E-state index contributed by atoms with van der Waals surface area (Å²) in [6.45, 7) is 7.64. The van der Waals surface area contributed by atoms with Crippen molar-refractivity contribution in [2.75, 3.05) is 24.5 Å². The number of aromatic nitrogens is 2. The van der Waals surface area contributed by atoms with Crippen LogP contribution >= 0.6 is 11.3 Å². The first kappa shape index (κ1) is 13.9. The van der Waals surface area contributed by atoms with Crippen molar-refractivity contribution in [3.63, 3.8) is 0 Å². The molecule has 0 bridgehead atoms. The largest absolute Gasteiger partial charge is 0.391 e. The van der Waals surface area contributed by atoms with Gasteiger partial charge in [0.15, 0.2) is 10.8 Å². The summed E-state index contributed by atoms with van der Waals surface area (Å²) in [7, 11) is 0. The number of aliphatic hydroxyl groups excluding tert-OH is 1. The highest BCUT2D eigenvalue weighted by Crippen LogP contribution is 2.28. The summed E-state index contributed by atoms with van der Waals surface area (Å²) in [4.78, 5) is 8.03. The lowest BCUT2D eigenvalue weighted by atomic mass is 9.96. The summed E-state index contributed by atoms with van der Waals surface area (Å²) in [5.41, 5.74) is 1.20. The summed E-state index contributed by atoms with van der Waals surface area (Å²) < 4.78 is 2.16. The molecule has 0 saturated carbocycles. The van der Waals surface area contributed by atoms with Crippen molar-refractivity contribution >= 4 is 22.1 Å². The summed E-state index contributed by atoms with van der Waals surface area (Å²) >= 11 is 1.66. The van der Waals surface area contributed by atoms with E-state index in [1.807, 2.05) is 0 Å². The second kappa shape index (κ2) is 5.71. The molecule has 2 unspecified atom stereocenters. The Hall–Kier alpha value is -1.11. The quantitative estimate of drug-likeness (QED) is 0.901. The van der Waals surface area contributed by atoms with Crippen LogP contribution in [0.4, 0.5) is 5.82 Å². The highest BCUT2D eigenvalue weighted by molar-refractivity contribution is 7.15. The second-order valence-electron chi connectivity index (χ2n) is 5.50. The van der Waals surface area contributed by atoms with Crippen molar-refractivity contribution in [1.29, 1.82) is 0 Å². The molecule has 3 heterocycles. The van der Waals surface area contributed by atoms with Gasteiger partial charge >= 0.3 is 0 Å². The number of aliphatic hydroxyl groups is 1. The standard InChI is InChI=1S/C14H22N4OS/c1-3-15-8-11-13(16-14-18(11)6-7-20-14)17-5-4-10(2)12(19)9-17/h6-7,10,12,15,19H,3-5,8-9H2,1-2H3. The molecule has 6 heteroatoms. The molecule has 0 aliphatic carbocycles. The first-order valence-electron chi connectivity index (χ1n) is 7.28. The maximum Gasteiger partial charge on any atom is 0.195 e. The van der Waals surface area contributed by atoms with Crippen LogP contribution in [0.5, 0.6) is 0 Å². The summed E-state index contributed by atoms with van der Waals surface area (Å²) in [5.74, 6) is 1.41. The molecule has 0 spiro atoms. The molecule has 3 rings (SSSR count). The normalized spacial score (nSPS) is 23.6.